The second-order valence-corrected chi connectivity index (χ2v) is 6.68. The van der Waals surface area contributed by atoms with Crippen LogP contribution in [0.15, 0.2) is 52.0 Å². The van der Waals surface area contributed by atoms with Crippen molar-refractivity contribution in [1.29, 1.82) is 0 Å². The first-order chi connectivity index (χ1) is 13.5. The molecule has 1 heterocycles. The van der Waals surface area contributed by atoms with Crippen molar-refractivity contribution >= 4 is 34.7 Å². The Hall–Kier alpha value is -2.99. The standard InChI is InChI=1S/C21H21ClN2O4/c1-4-26-18-10-14(9-16(22)20(18)27-13(2)3)12-23-24-21(25)19-11-15-7-5-6-8-17(15)28-19/h5-13H,4H2,1-3H3,(H,24,25)/b23-12+. The van der Waals surface area contributed by atoms with Gasteiger partial charge in [-0.3, -0.25) is 4.79 Å². The smallest absolute Gasteiger partial charge is 0.307 e. The maximum atomic E-state index is 12.2. The monoisotopic (exact) mass is 400 g/mol. The maximum absolute atomic E-state index is 12.2. The van der Waals surface area contributed by atoms with Crippen LogP contribution < -0.4 is 14.9 Å². The minimum Gasteiger partial charge on any atom is -0.490 e. The van der Waals surface area contributed by atoms with Gasteiger partial charge in [0.05, 0.1) is 23.9 Å². The van der Waals surface area contributed by atoms with Crippen molar-refractivity contribution in [2.24, 2.45) is 5.10 Å². The summed E-state index contributed by atoms with van der Waals surface area (Å²) in [5.74, 6) is 0.756. The molecule has 1 amide bonds. The number of nitrogens with one attached hydrogen (secondary N) is 1. The van der Waals surface area contributed by atoms with Crippen LogP contribution in [0.2, 0.25) is 5.02 Å². The average molecular weight is 401 g/mol. The van der Waals surface area contributed by atoms with E-state index < -0.39 is 5.91 Å². The van der Waals surface area contributed by atoms with E-state index in [1.165, 1.54) is 6.21 Å². The van der Waals surface area contributed by atoms with E-state index in [9.17, 15) is 4.79 Å². The summed E-state index contributed by atoms with van der Waals surface area (Å²) in [6.07, 6.45) is 1.44. The number of halogens is 1. The number of carbonyl (C=O) groups excluding carboxylic acids is 1. The van der Waals surface area contributed by atoms with Crippen LogP contribution in [0.3, 0.4) is 0 Å². The van der Waals surface area contributed by atoms with Crippen LogP contribution in [0, 0.1) is 0 Å². The van der Waals surface area contributed by atoms with Gasteiger partial charge in [0.15, 0.2) is 17.3 Å². The molecule has 0 unspecified atom stereocenters. The molecule has 0 bridgehead atoms. The van der Waals surface area contributed by atoms with Crippen molar-refractivity contribution in [2.45, 2.75) is 26.9 Å². The average Bonchev–Trinajstić information content (AvgIpc) is 3.09. The predicted molar refractivity (Wildman–Crippen MR) is 110 cm³/mol. The Kier molecular flexibility index (Phi) is 6.21. The van der Waals surface area contributed by atoms with E-state index in [1.807, 2.05) is 39.0 Å². The number of fused-ring (bicyclic) bond motifs is 1. The number of para-hydroxylation sites is 1. The summed E-state index contributed by atoms with van der Waals surface area (Å²) in [5, 5.41) is 5.24. The number of ether oxygens (including phenoxy) is 2. The molecule has 0 atom stereocenters. The van der Waals surface area contributed by atoms with E-state index >= 15 is 0 Å². The second kappa shape index (κ2) is 8.80. The Balaban J connectivity index is 1.75. The zero-order valence-electron chi connectivity index (χ0n) is 15.9. The van der Waals surface area contributed by atoms with Gasteiger partial charge in [0, 0.05) is 5.39 Å². The lowest BCUT2D eigenvalue weighted by Crippen LogP contribution is -2.16. The van der Waals surface area contributed by atoms with E-state index in [0.717, 1.165) is 5.39 Å². The number of rotatable bonds is 7. The summed E-state index contributed by atoms with van der Waals surface area (Å²) in [5.41, 5.74) is 3.75. The van der Waals surface area contributed by atoms with Crippen molar-refractivity contribution in [2.75, 3.05) is 6.61 Å². The highest BCUT2D eigenvalue weighted by atomic mass is 35.5. The van der Waals surface area contributed by atoms with Crippen molar-refractivity contribution < 1.29 is 18.7 Å². The lowest BCUT2D eigenvalue weighted by Gasteiger charge is -2.16. The molecule has 0 aliphatic rings. The summed E-state index contributed by atoms with van der Waals surface area (Å²) in [7, 11) is 0. The highest BCUT2D eigenvalue weighted by molar-refractivity contribution is 6.32. The fourth-order valence-electron chi connectivity index (χ4n) is 2.59. The Bertz CT molecular complexity index is 978. The lowest BCUT2D eigenvalue weighted by atomic mass is 10.2. The van der Waals surface area contributed by atoms with Crippen LogP contribution >= 0.6 is 11.6 Å². The first-order valence-corrected chi connectivity index (χ1v) is 9.30. The van der Waals surface area contributed by atoms with Crippen LogP contribution in [0.5, 0.6) is 11.5 Å². The molecule has 0 radical (unpaired) electrons. The zero-order chi connectivity index (χ0) is 20.1. The predicted octanol–water partition coefficient (Wildman–Crippen LogP) is 5.04. The third kappa shape index (κ3) is 4.64. The third-order valence-corrected chi connectivity index (χ3v) is 4.00. The molecule has 7 heteroatoms. The molecule has 0 saturated heterocycles. The number of hydrogen-bond acceptors (Lipinski definition) is 5. The fraction of sp³-hybridized carbons (Fsp3) is 0.238. The van der Waals surface area contributed by atoms with E-state index in [0.29, 0.717) is 34.3 Å². The van der Waals surface area contributed by atoms with Crippen LogP contribution in [-0.4, -0.2) is 24.8 Å². The molecule has 3 rings (SSSR count). The molecule has 0 aliphatic carbocycles. The quantitative estimate of drug-likeness (QED) is 0.445. The van der Waals surface area contributed by atoms with Crippen molar-refractivity contribution in [3.05, 3.63) is 58.8 Å². The van der Waals surface area contributed by atoms with E-state index in [1.54, 1.807) is 24.3 Å². The highest BCUT2D eigenvalue weighted by Gasteiger charge is 2.14. The largest absolute Gasteiger partial charge is 0.490 e. The number of hydrogen-bond donors (Lipinski definition) is 1. The molecular weight excluding hydrogens is 380 g/mol. The van der Waals surface area contributed by atoms with Gasteiger partial charge in [0.25, 0.3) is 0 Å². The summed E-state index contributed by atoms with van der Waals surface area (Å²) < 4.78 is 16.9. The number of nitrogens with zero attached hydrogens (tertiary/aromatic N) is 1. The molecule has 3 aromatic rings. The summed E-state index contributed by atoms with van der Waals surface area (Å²) >= 11 is 6.33. The molecule has 6 nitrogen and oxygen atoms in total. The molecule has 1 aromatic heterocycles. The second-order valence-electron chi connectivity index (χ2n) is 6.28. The van der Waals surface area contributed by atoms with Gasteiger partial charge >= 0.3 is 5.91 Å². The minimum absolute atomic E-state index is 0.0423. The SMILES string of the molecule is CCOc1cc(/C=N/NC(=O)c2cc3ccccc3o2)cc(Cl)c1OC(C)C. The van der Waals surface area contributed by atoms with E-state index in [-0.39, 0.29) is 11.9 Å². The molecule has 2 aromatic carbocycles. The number of carbonyl (C=O) groups is 1. The number of furan rings is 1. The summed E-state index contributed by atoms with van der Waals surface area (Å²) in [6, 6.07) is 12.5. The Morgan fingerprint density at radius 1 is 1.29 bits per heavy atom. The number of amides is 1. The van der Waals surface area contributed by atoms with Gasteiger partial charge in [0.2, 0.25) is 0 Å². The van der Waals surface area contributed by atoms with Gasteiger partial charge < -0.3 is 13.9 Å². The molecule has 0 fully saturated rings. The lowest BCUT2D eigenvalue weighted by molar-refractivity contribution is 0.0929. The van der Waals surface area contributed by atoms with Gasteiger partial charge in [-0.25, -0.2) is 5.43 Å². The Morgan fingerprint density at radius 2 is 2.07 bits per heavy atom. The van der Waals surface area contributed by atoms with E-state index in [2.05, 4.69) is 10.5 Å². The molecule has 0 spiro atoms. The molecule has 28 heavy (non-hydrogen) atoms. The highest BCUT2D eigenvalue weighted by Crippen LogP contribution is 2.37. The van der Waals surface area contributed by atoms with Crippen LogP contribution in [-0.2, 0) is 0 Å². The summed E-state index contributed by atoms with van der Waals surface area (Å²) in [4.78, 5) is 12.2. The molecule has 0 aliphatic heterocycles. The topological polar surface area (TPSA) is 73.1 Å². The van der Waals surface area contributed by atoms with Crippen molar-refractivity contribution in [3.63, 3.8) is 0 Å². The van der Waals surface area contributed by atoms with Gasteiger partial charge in [-0.05, 0) is 50.6 Å². The van der Waals surface area contributed by atoms with Crippen molar-refractivity contribution in [1.82, 2.24) is 5.43 Å². The first-order valence-electron chi connectivity index (χ1n) is 8.93. The molecule has 1 N–H and O–H groups in total. The van der Waals surface area contributed by atoms with Gasteiger partial charge in [0.1, 0.15) is 5.58 Å². The van der Waals surface area contributed by atoms with E-state index in [4.69, 9.17) is 25.5 Å². The maximum Gasteiger partial charge on any atom is 0.307 e. The van der Waals surface area contributed by atoms with Gasteiger partial charge in [-0.2, -0.15) is 5.10 Å². The number of benzene rings is 2. The Labute approximate surface area is 168 Å². The summed E-state index contributed by atoms with van der Waals surface area (Å²) in [6.45, 7) is 6.17. The zero-order valence-corrected chi connectivity index (χ0v) is 16.6. The van der Waals surface area contributed by atoms with Gasteiger partial charge in [-0.1, -0.05) is 29.8 Å². The molecule has 146 valence electrons. The van der Waals surface area contributed by atoms with Crippen LogP contribution in [0.4, 0.5) is 0 Å². The van der Waals surface area contributed by atoms with Gasteiger partial charge in [-0.15, -0.1) is 0 Å². The Morgan fingerprint density at radius 3 is 2.79 bits per heavy atom. The molecular formula is C21H21ClN2O4. The molecule has 0 saturated carbocycles. The third-order valence-electron chi connectivity index (χ3n) is 3.71. The van der Waals surface area contributed by atoms with Crippen molar-refractivity contribution in [3.8, 4) is 11.5 Å². The van der Waals surface area contributed by atoms with Crippen LogP contribution in [0.1, 0.15) is 36.9 Å². The fourth-order valence-corrected chi connectivity index (χ4v) is 2.85. The normalized spacial score (nSPS) is 11.3. The first kappa shape index (κ1) is 19.8. The number of hydrazone groups is 1. The minimum atomic E-state index is -0.441. The van der Waals surface area contributed by atoms with Crippen LogP contribution in [0.25, 0.3) is 11.0 Å².